The van der Waals surface area contributed by atoms with E-state index in [2.05, 4.69) is 0 Å². The van der Waals surface area contributed by atoms with E-state index in [1.807, 2.05) is 0 Å². The van der Waals surface area contributed by atoms with Crippen molar-refractivity contribution in [1.82, 2.24) is 0 Å². The van der Waals surface area contributed by atoms with Gasteiger partial charge in [-0.3, -0.25) is 0 Å². The van der Waals surface area contributed by atoms with Crippen LogP contribution in [0.2, 0.25) is 0 Å². The number of hydrogen-bond acceptors (Lipinski definition) is 3. The highest BCUT2D eigenvalue weighted by atomic mass is 19.4. The van der Waals surface area contributed by atoms with Gasteiger partial charge in [0.05, 0.1) is 20.0 Å². The molecule has 0 saturated carbocycles. The van der Waals surface area contributed by atoms with Gasteiger partial charge in [-0.25, -0.2) is 0 Å². The molecule has 0 heterocycles. The van der Waals surface area contributed by atoms with Crippen LogP contribution in [0.1, 0.15) is 5.56 Å². The van der Waals surface area contributed by atoms with E-state index in [0.717, 1.165) is 11.6 Å². The number of methoxy groups -OCH3 is 2. The van der Waals surface area contributed by atoms with Crippen LogP contribution in [0.5, 0.6) is 17.2 Å². The lowest BCUT2D eigenvalue weighted by molar-refractivity contribution is 0.305. The molecular weight excluding hydrogens is 296 g/mol. The zero-order valence-electron chi connectivity index (χ0n) is 12.2. The Bertz CT molecular complexity index is 644. The molecule has 2 rings (SSSR count). The van der Waals surface area contributed by atoms with Gasteiger partial charge in [-0.1, -0.05) is 17.6 Å². The third-order valence-corrected chi connectivity index (χ3v) is 3.10. The molecule has 0 aromatic heterocycles. The highest BCUT2D eigenvalue weighted by Gasteiger charge is 2.30. The Labute approximate surface area is 126 Å². The number of halogens is 3. The maximum atomic E-state index is 13.1. The van der Waals surface area contributed by atoms with Crippen LogP contribution in [-0.2, 0) is 6.61 Å². The van der Waals surface area contributed by atoms with Crippen molar-refractivity contribution in [2.75, 3.05) is 14.2 Å². The largest absolute Gasteiger partial charge is 0.513 e. The van der Waals surface area contributed by atoms with Gasteiger partial charge < -0.3 is 27.2 Å². The van der Waals surface area contributed by atoms with Gasteiger partial charge in [0, 0.05) is 0 Å². The maximum Gasteiger partial charge on any atom is 0.513 e. The van der Waals surface area contributed by atoms with Gasteiger partial charge in [0.15, 0.2) is 0 Å². The Morgan fingerprint density at radius 1 is 0.909 bits per heavy atom. The van der Waals surface area contributed by atoms with Crippen LogP contribution in [0.15, 0.2) is 42.5 Å². The minimum Gasteiger partial charge on any atom is -0.497 e. The molecule has 0 saturated heterocycles. The van der Waals surface area contributed by atoms with Gasteiger partial charge >= 0.3 is 6.98 Å². The first kappa shape index (κ1) is 16.1. The molecule has 0 unspecified atom stereocenters. The Morgan fingerprint density at radius 2 is 1.59 bits per heavy atom. The Kier molecular flexibility index (Phi) is 4.85. The summed E-state index contributed by atoms with van der Waals surface area (Å²) in [4.78, 5) is 0. The average Bonchev–Trinajstić information content (AvgIpc) is 2.52. The molecule has 0 aliphatic rings. The molecule has 0 bridgehead atoms. The number of ether oxygens (including phenoxy) is 3. The van der Waals surface area contributed by atoms with Crippen LogP contribution in [-0.4, -0.2) is 21.2 Å². The maximum absolute atomic E-state index is 13.1. The van der Waals surface area contributed by atoms with Crippen LogP contribution >= 0.6 is 0 Å². The first-order chi connectivity index (χ1) is 10.4. The van der Waals surface area contributed by atoms with Crippen LogP contribution in [0.3, 0.4) is 0 Å². The predicted octanol–water partition coefficient (Wildman–Crippen LogP) is 3.34. The van der Waals surface area contributed by atoms with Gasteiger partial charge in [-0.05, 0) is 35.9 Å². The van der Waals surface area contributed by atoms with Gasteiger partial charge in [0.2, 0.25) is 0 Å². The van der Waals surface area contributed by atoms with Crippen molar-refractivity contribution in [1.29, 1.82) is 0 Å². The fourth-order valence-corrected chi connectivity index (χ4v) is 1.96. The predicted molar refractivity (Wildman–Crippen MR) is 79.0 cm³/mol. The van der Waals surface area contributed by atoms with Crippen molar-refractivity contribution in [3.63, 3.8) is 0 Å². The summed E-state index contributed by atoms with van der Waals surface area (Å²) in [5.41, 5.74) is -0.0851. The van der Waals surface area contributed by atoms with Crippen LogP contribution in [0, 0.1) is 0 Å². The van der Waals surface area contributed by atoms with E-state index >= 15 is 0 Å². The van der Waals surface area contributed by atoms with Crippen molar-refractivity contribution >= 4 is 12.4 Å². The summed E-state index contributed by atoms with van der Waals surface area (Å²) in [6.45, 7) is -5.17. The third kappa shape index (κ3) is 3.87. The van der Waals surface area contributed by atoms with Gasteiger partial charge in [-0.2, -0.15) is 0 Å². The SMILES string of the molecule is COc1cccc(COc2ccc(OC)cc2[B-](F)(F)F)c1. The minimum absolute atomic E-state index is 0.0166. The van der Waals surface area contributed by atoms with Crippen molar-refractivity contribution < 1.29 is 27.2 Å². The first-order valence-electron chi connectivity index (χ1n) is 6.57. The summed E-state index contributed by atoms with van der Waals surface area (Å²) in [5, 5.41) is 0. The van der Waals surface area contributed by atoms with Crippen molar-refractivity contribution in [2.45, 2.75) is 6.61 Å². The quantitative estimate of drug-likeness (QED) is 0.766. The monoisotopic (exact) mass is 311 g/mol. The van der Waals surface area contributed by atoms with E-state index in [0.29, 0.717) is 5.75 Å². The second-order valence-electron chi connectivity index (χ2n) is 4.62. The summed E-state index contributed by atoms with van der Waals surface area (Å²) in [5.74, 6) is 0.551. The molecule has 0 amide bonds. The van der Waals surface area contributed by atoms with Gasteiger partial charge in [0.1, 0.15) is 18.1 Å². The third-order valence-electron chi connectivity index (χ3n) is 3.10. The van der Waals surface area contributed by atoms with Crippen molar-refractivity contribution in [3.05, 3.63) is 48.0 Å². The lowest BCUT2D eigenvalue weighted by atomic mass is 9.79. The number of benzene rings is 2. The second kappa shape index (κ2) is 6.64. The zero-order valence-corrected chi connectivity index (χ0v) is 12.2. The molecule has 0 spiro atoms. The summed E-state index contributed by atoms with van der Waals surface area (Å²) < 4.78 is 54.6. The van der Waals surface area contributed by atoms with Gasteiger partial charge in [-0.15, -0.1) is 0 Å². The summed E-state index contributed by atoms with van der Waals surface area (Å²) in [6, 6.07) is 10.6. The topological polar surface area (TPSA) is 27.7 Å². The molecule has 0 aliphatic carbocycles. The van der Waals surface area contributed by atoms with E-state index in [1.54, 1.807) is 24.3 Å². The lowest BCUT2D eigenvalue weighted by Gasteiger charge is -2.20. The smallest absolute Gasteiger partial charge is 0.497 e. The van der Waals surface area contributed by atoms with Crippen LogP contribution in [0.4, 0.5) is 12.9 Å². The summed E-state index contributed by atoms with van der Waals surface area (Å²) >= 11 is 0. The van der Waals surface area contributed by atoms with Crippen LogP contribution < -0.4 is 19.7 Å². The normalized spacial score (nSPS) is 11.1. The minimum atomic E-state index is -5.19. The highest BCUT2D eigenvalue weighted by Crippen LogP contribution is 2.23. The zero-order chi connectivity index (χ0) is 16.2. The molecule has 22 heavy (non-hydrogen) atoms. The molecule has 2 aromatic carbocycles. The van der Waals surface area contributed by atoms with Gasteiger partial charge in [0.25, 0.3) is 0 Å². The number of hydrogen-bond donors (Lipinski definition) is 0. The van der Waals surface area contributed by atoms with E-state index in [-0.39, 0.29) is 18.1 Å². The van der Waals surface area contributed by atoms with Crippen molar-refractivity contribution in [2.24, 2.45) is 0 Å². The number of rotatable bonds is 6. The highest BCUT2D eigenvalue weighted by molar-refractivity contribution is 6.74. The summed E-state index contributed by atoms with van der Waals surface area (Å²) in [7, 11) is 2.84. The Hall–Kier alpha value is -2.31. The fraction of sp³-hybridized carbons (Fsp3) is 0.200. The molecule has 0 atom stereocenters. The molecule has 0 N–H and O–H groups in total. The van der Waals surface area contributed by atoms with E-state index < -0.39 is 12.4 Å². The molecule has 7 heteroatoms. The first-order valence-corrected chi connectivity index (χ1v) is 6.57. The van der Waals surface area contributed by atoms with E-state index in [1.165, 1.54) is 26.4 Å². The van der Waals surface area contributed by atoms with Crippen molar-refractivity contribution in [3.8, 4) is 17.2 Å². The second-order valence-corrected chi connectivity index (χ2v) is 4.62. The molecule has 0 aliphatic heterocycles. The molecule has 3 nitrogen and oxygen atoms in total. The molecular formula is C15H15BF3O3-. The van der Waals surface area contributed by atoms with E-state index in [4.69, 9.17) is 14.2 Å². The summed E-state index contributed by atoms with van der Waals surface area (Å²) in [6.07, 6.45) is 0. The molecule has 118 valence electrons. The standard InChI is InChI=1S/C15H15BF3O3/c1-20-12-5-3-4-11(8-12)10-22-15-7-6-13(21-2)9-14(15)16(17,18)19/h3-9H,10H2,1-2H3/q-1. The molecule has 0 radical (unpaired) electrons. The molecule has 0 fully saturated rings. The average molecular weight is 311 g/mol. The molecule has 2 aromatic rings. The Morgan fingerprint density at radius 3 is 2.23 bits per heavy atom. The van der Waals surface area contributed by atoms with E-state index in [9.17, 15) is 12.9 Å². The Balaban J connectivity index is 2.21. The fourth-order valence-electron chi connectivity index (χ4n) is 1.96. The van der Waals surface area contributed by atoms with Crippen LogP contribution in [0.25, 0.3) is 0 Å². The lowest BCUT2D eigenvalue weighted by Crippen LogP contribution is -2.35.